The molecule has 1 aromatic rings. The number of hydrogen-bond acceptors (Lipinski definition) is 2. The molecule has 0 aromatic heterocycles. The molecular weight excluding hydrogens is 224 g/mol. The van der Waals surface area contributed by atoms with Crippen molar-refractivity contribution in [1.29, 1.82) is 0 Å². The number of carbonyl (C=O) groups excluding carboxylic acids is 1. The maximum Gasteiger partial charge on any atom is 0.138 e. The number of hydrogen-bond donors (Lipinski definition) is 0. The summed E-state index contributed by atoms with van der Waals surface area (Å²) in [5, 5.41) is 0.617. The third-order valence-electron chi connectivity index (χ3n) is 2.44. The van der Waals surface area contributed by atoms with Crippen molar-refractivity contribution in [2.24, 2.45) is 0 Å². The monoisotopic (exact) mass is 240 g/mol. The van der Waals surface area contributed by atoms with E-state index < -0.39 is 0 Å². The van der Waals surface area contributed by atoms with Crippen LogP contribution in [0.15, 0.2) is 12.1 Å². The van der Waals surface area contributed by atoms with Gasteiger partial charge < -0.3 is 9.53 Å². The molecule has 0 N–H and O–H groups in total. The van der Waals surface area contributed by atoms with E-state index in [1.54, 1.807) is 6.92 Å². The molecule has 3 heteroatoms. The number of ketones is 1. The fourth-order valence-electron chi connectivity index (χ4n) is 1.54. The van der Waals surface area contributed by atoms with Crippen LogP contribution in [-0.2, 0) is 11.2 Å². The molecule has 0 aliphatic carbocycles. The number of aryl methyl sites for hydroxylation is 2. The van der Waals surface area contributed by atoms with Crippen LogP contribution < -0.4 is 4.74 Å². The van der Waals surface area contributed by atoms with Crippen LogP contribution in [0, 0.1) is 6.92 Å². The first-order valence-electron chi connectivity index (χ1n) is 5.45. The molecule has 0 heterocycles. The third-order valence-corrected chi connectivity index (χ3v) is 2.73. The smallest absolute Gasteiger partial charge is 0.138 e. The van der Waals surface area contributed by atoms with E-state index >= 15 is 0 Å². The molecule has 88 valence electrons. The predicted molar refractivity (Wildman–Crippen MR) is 66.4 cm³/mol. The minimum atomic E-state index is 0.199. The van der Waals surface area contributed by atoms with Crippen molar-refractivity contribution in [2.75, 3.05) is 6.61 Å². The summed E-state index contributed by atoms with van der Waals surface area (Å²) in [6.45, 7) is 6.14. The summed E-state index contributed by atoms with van der Waals surface area (Å²) in [6, 6.07) is 3.83. The maximum atomic E-state index is 10.9. The summed E-state index contributed by atoms with van der Waals surface area (Å²) in [7, 11) is 0. The Bertz CT molecular complexity index is 386. The number of ether oxygens (including phenoxy) is 1. The van der Waals surface area contributed by atoms with Crippen LogP contribution in [-0.4, -0.2) is 12.4 Å². The van der Waals surface area contributed by atoms with Gasteiger partial charge in [-0.25, -0.2) is 0 Å². The van der Waals surface area contributed by atoms with Gasteiger partial charge in [-0.05, 0) is 50.5 Å². The van der Waals surface area contributed by atoms with Crippen LogP contribution in [0.4, 0.5) is 0 Å². The zero-order valence-electron chi connectivity index (χ0n) is 9.97. The highest BCUT2D eigenvalue weighted by Crippen LogP contribution is 2.28. The van der Waals surface area contributed by atoms with E-state index in [0.717, 1.165) is 17.5 Å². The van der Waals surface area contributed by atoms with Crippen LogP contribution in [0.25, 0.3) is 0 Å². The first kappa shape index (κ1) is 13.0. The average Bonchev–Trinajstić information content (AvgIpc) is 2.21. The van der Waals surface area contributed by atoms with E-state index in [1.165, 1.54) is 0 Å². The van der Waals surface area contributed by atoms with Gasteiger partial charge in [-0.1, -0.05) is 11.6 Å². The Balaban J connectivity index is 2.87. The van der Waals surface area contributed by atoms with Gasteiger partial charge in [0.15, 0.2) is 0 Å². The standard InChI is InChI=1S/C13H17ClO2/c1-4-16-13-7-9(2)11(8-12(13)14)6-5-10(3)15/h7-8H,4-6H2,1-3H3. The highest BCUT2D eigenvalue weighted by molar-refractivity contribution is 6.32. The normalized spacial score (nSPS) is 10.2. The molecular formula is C13H17ClO2. The van der Waals surface area contributed by atoms with Gasteiger partial charge >= 0.3 is 0 Å². The summed E-state index contributed by atoms with van der Waals surface area (Å²) in [6.07, 6.45) is 1.30. The third kappa shape index (κ3) is 3.53. The quantitative estimate of drug-likeness (QED) is 0.787. The van der Waals surface area contributed by atoms with Gasteiger partial charge in [-0.3, -0.25) is 0 Å². The van der Waals surface area contributed by atoms with Gasteiger partial charge in [0, 0.05) is 6.42 Å². The molecule has 2 nitrogen and oxygen atoms in total. The van der Waals surface area contributed by atoms with Gasteiger partial charge in [-0.2, -0.15) is 0 Å². The molecule has 1 rings (SSSR count). The number of carbonyl (C=O) groups is 1. The van der Waals surface area contributed by atoms with Crippen LogP contribution in [0.3, 0.4) is 0 Å². The van der Waals surface area contributed by atoms with Crippen LogP contribution in [0.5, 0.6) is 5.75 Å². The van der Waals surface area contributed by atoms with Crippen LogP contribution in [0.2, 0.25) is 5.02 Å². The van der Waals surface area contributed by atoms with Crippen molar-refractivity contribution in [1.82, 2.24) is 0 Å². The summed E-state index contributed by atoms with van der Waals surface area (Å²) < 4.78 is 5.40. The Morgan fingerprint density at radius 1 is 1.44 bits per heavy atom. The topological polar surface area (TPSA) is 26.3 Å². The van der Waals surface area contributed by atoms with E-state index in [2.05, 4.69) is 0 Å². The fraction of sp³-hybridized carbons (Fsp3) is 0.462. The number of Topliss-reactive ketones (excluding diaryl/α,β-unsaturated/α-hetero) is 1. The number of benzene rings is 1. The minimum Gasteiger partial charge on any atom is -0.492 e. The highest BCUT2D eigenvalue weighted by atomic mass is 35.5. The second-order valence-corrected chi connectivity index (χ2v) is 4.25. The van der Waals surface area contributed by atoms with Crippen molar-refractivity contribution in [3.05, 3.63) is 28.3 Å². The predicted octanol–water partition coefficient (Wildman–Crippen LogP) is 3.57. The Morgan fingerprint density at radius 3 is 2.69 bits per heavy atom. The van der Waals surface area contributed by atoms with E-state index in [-0.39, 0.29) is 5.78 Å². The van der Waals surface area contributed by atoms with E-state index in [1.807, 2.05) is 26.0 Å². The molecule has 0 spiro atoms. The van der Waals surface area contributed by atoms with Gasteiger partial charge in [0.05, 0.1) is 11.6 Å². The highest BCUT2D eigenvalue weighted by Gasteiger charge is 2.07. The molecule has 0 fully saturated rings. The second kappa shape index (κ2) is 5.90. The van der Waals surface area contributed by atoms with Crippen LogP contribution in [0.1, 0.15) is 31.4 Å². The molecule has 0 aliphatic heterocycles. The Kier molecular flexibility index (Phi) is 4.81. The van der Waals surface area contributed by atoms with Crippen molar-refractivity contribution in [3.63, 3.8) is 0 Å². The number of halogens is 1. The lowest BCUT2D eigenvalue weighted by Gasteiger charge is -2.10. The van der Waals surface area contributed by atoms with E-state index in [0.29, 0.717) is 23.8 Å². The largest absolute Gasteiger partial charge is 0.492 e. The summed E-state index contributed by atoms with van der Waals surface area (Å²) in [4.78, 5) is 10.9. The second-order valence-electron chi connectivity index (χ2n) is 3.84. The van der Waals surface area contributed by atoms with Crippen molar-refractivity contribution < 1.29 is 9.53 Å². The molecule has 0 radical (unpaired) electrons. The minimum absolute atomic E-state index is 0.199. The molecule has 1 aromatic carbocycles. The van der Waals surface area contributed by atoms with Crippen LogP contribution >= 0.6 is 11.6 Å². The molecule has 0 amide bonds. The Morgan fingerprint density at radius 2 is 2.12 bits per heavy atom. The van der Waals surface area contributed by atoms with Gasteiger partial charge in [0.25, 0.3) is 0 Å². The zero-order chi connectivity index (χ0) is 12.1. The van der Waals surface area contributed by atoms with Gasteiger partial charge in [0.1, 0.15) is 11.5 Å². The van der Waals surface area contributed by atoms with Crippen molar-refractivity contribution in [2.45, 2.75) is 33.6 Å². The molecule has 0 atom stereocenters. The SMILES string of the molecule is CCOc1cc(C)c(CCC(C)=O)cc1Cl. The van der Waals surface area contributed by atoms with E-state index in [4.69, 9.17) is 16.3 Å². The van der Waals surface area contributed by atoms with Gasteiger partial charge in [0.2, 0.25) is 0 Å². The summed E-state index contributed by atoms with van der Waals surface area (Å²) >= 11 is 6.09. The molecule has 0 unspecified atom stereocenters. The maximum absolute atomic E-state index is 10.9. The van der Waals surface area contributed by atoms with Crippen molar-refractivity contribution in [3.8, 4) is 5.75 Å². The first-order chi connectivity index (χ1) is 7.54. The Labute approximate surface area is 102 Å². The van der Waals surface area contributed by atoms with Gasteiger partial charge in [-0.15, -0.1) is 0 Å². The lowest BCUT2D eigenvalue weighted by molar-refractivity contribution is -0.116. The average molecular weight is 241 g/mol. The van der Waals surface area contributed by atoms with E-state index in [9.17, 15) is 4.79 Å². The van der Waals surface area contributed by atoms with Crippen molar-refractivity contribution >= 4 is 17.4 Å². The fourth-order valence-corrected chi connectivity index (χ4v) is 1.78. The number of rotatable bonds is 5. The molecule has 0 aliphatic rings. The molecule has 16 heavy (non-hydrogen) atoms. The first-order valence-corrected chi connectivity index (χ1v) is 5.83. The summed E-state index contributed by atoms with van der Waals surface area (Å²) in [5.74, 6) is 0.914. The lowest BCUT2D eigenvalue weighted by atomic mass is 10.0. The molecule has 0 saturated carbocycles. The summed E-state index contributed by atoms with van der Waals surface area (Å²) in [5.41, 5.74) is 2.23. The lowest BCUT2D eigenvalue weighted by Crippen LogP contribution is -1.98. The molecule has 0 bridgehead atoms. The molecule has 0 saturated heterocycles. The zero-order valence-corrected chi connectivity index (χ0v) is 10.7. The Hall–Kier alpha value is -1.02.